The van der Waals surface area contributed by atoms with Crippen molar-refractivity contribution in [3.05, 3.63) is 58.5 Å². The van der Waals surface area contributed by atoms with Gasteiger partial charge in [-0.3, -0.25) is 9.36 Å². The molecule has 0 aliphatic heterocycles. The fourth-order valence-electron chi connectivity index (χ4n) is 1.41. The van der Waals surface area contributed by atoms with E-state index in [1.54, 1.807) is 6.07 Å². The van der Waals surface area contributed by atoms with Gasteiger partial charge < -0.3 is 5.11 Å². The number of phenolic OH excluding ortho intramolecular Hbond substituents is 1. The van der Waals surface area contributed by atoms with E-state index in [0.717, 1.165) is 22.9 Å². The van der Waals surface area contributed by atoms with Gasteiger partial charge in [-0.2, -0.15) is 0 Å². The van der Waals surface area contributed by atoms with Gasteiger partial charge in [0.15, 0.2) is 0 Å². The third kappa shape index (κ3) is 1.98. The Morgan fingerprint density at radius 2 is 2.31 bits per heavy atom. The zero-order valence-electron chi connectivity index (χ0n) is 13.3. The van der Waals surface area contributed by atoms with Crippen molar-refractivity contribution in [2.45, 2.75) is 13.2 Å². The molecular formula is C13H13NO2. The van der Waals surface area contributed by atoms with E-state index in [1.807, 2.05) is 0 Å². The van der Waals surface area contributed by atoms with Crippen LogP contribution >= 0.6 is 0 Å². The van der Waals surface area contributed by atoms with Crippen LogP contribution in [0.1, 0.15) is 19.3 Å². The predicted molar refractivity (Wildman–Crippen MR) is 63.1 cm³/mol. The van der Waals surface area contributed by atoms with E-state index in [9.17, 15) is 9.90 Å². The molecule has 1 heterocycles. The Balaban J connectivity index is 2.61. The molecular weight excluding hydrogens is 202 g/mol. The Morgan fingerprint density at radius 1 is 1.44 bits per heavy atom. The molecule has 0 saturated heterocycles. The van der Waals surface area contributed by atoms with Crippen LogP contribution in [0.3, 0.4) is 0 Å². The number of hydrogen-bond donors (Lipinski definition) is 1. The van der Waals surface area contributed by atoms with Crippen molar-refractivity contribution in [3.8, 4) is 11.4 Å². The van der Waals surface area contributed by atoms with Crippen molar-refractivity contribution in [1.29, 1.82) is 0 Å². The van der Waals surface area contributed by atoms with Crippen molar-refractivity contribution in [2.24, 2.45) is 0 Å². The van der Waals surface area contributed by atoms with Crippen LogP contribution in [0.4, 0.5) is 0 Å². The monoisotopic (exact) mass is 220 g/mol. The van der Waals surface area contributed by atoms with Gasteiger partial charge in [-0.15, -0.1) is 0 Å². The molecule has 2 rings (SSSR count). The number of aromatic hydroxyl groups is 1. The van der Waals surface area contributed by atoms with Crippen LogP contribution in [0.15, 0.2) is 47.4 Å². The van der Waals surface area contributed by atoms with Crippen LogP contribution in [0.25, 0.3) is 5.69 Å². The zero-order valence-corrected chi connectivity index (χ0v) is 8.34. The third-order valence-electron chi connectivity index (χ3n) is 2.16. The molecule has 82 valence electrons. The molecule has 0 fully saturated rings. The molecule has 3 heteroatoms. The summed E-state index contributed by atoms with van der Waals surface area (Å²) in [5, 5.41) is 9.44. The highest BCUT2D eigenvalue weighted by Crippen LogP contribution is 2.14. The summed E-state index contributed by atoms with van der Waals surface area (Å²) >= 11 is 0. The lowest BCUT2D eigenvalue weighted by molar-refractivity contribution is 0.475. The van der Waals surface area contributed by atoms with E-state index in [-0.39, 0.29) is 11.3 Å². The highest BCUT2D eigenvalue weighted by Gasteiger charge is 2.01. The minimum atomic E-state index is -2.85. The van der Waals surface area contributed by atoms with E-state index in [1.165, 1.54) is 18.2 Å². The standard InChI is InChI=1S/C13H13NO2/c1-2-10-6-7-13(16)14(9-10)11-4-3-5-12(15)8-11/h3-9,15H,2H2,1H3/i1D3,2D2. The van der Waals surface area contributed by atoms with E-state index in [4.69, 9.17) is 6.85 Å². The van der Waals surface area contributed by atoms with Gasteiger partial charge in [0, 0.05) is 25.2 Å². The minimum Gasteiger partial charge on any atom is -0.508 e. The average Bonchev–Trinajstić information content (AvgIpc) is 2.37. The summed E-state index contributed by atoms with van der Waals surface area (Å²) in [5.41, 5.74) is -0.265. The number of pyridine rings is 1. The second-order valence-corrected chi connectivity index (χ2v) is 3.27. The van der Waals surface area contributed by atoms with E-state index in [0.29, 0.717) is 5.69 Å². The third-order valence-corrected chi connectivity index (χ3v) is 2.16. The maximum atomic E-state index is 11.9. The fraction of sp³-hybridized carbons (Fsp3) is 0.154. The molecule has 0 aliphatic carbocycles. The van der Waals surface area contributed by atoms with Crippen LogP contribution in [0.2, 0.25) is 0 Å². The van der Waals surface area contributed by atoms with Crippen molar-refractivity contribution < 1.29 is 12.0 Å². The number of aromatic nitrogens is 1. The van der Waals surface area contributed by atoms with Gasteiger partial charge in [0.2, 0.25) is 0 Å². The highest BCUT2D eigenvalue weighted by molar-refractivity contribution is 5.39. The molecule has 16 heavy (non-hydrogen) atoms. The predicted octanol–water partition coefficient (Wildman–Crippen LogP) is 2.11. The lowest BCUT2D eigenvalue weighted by atomic mass is 10.2. The minimum absolute atomic E-state index is 0.0522. The quantitative estimate of drug-likeness (QED) is 0.842. The van der Waals surface area contributed by atoms with E-state index < -0.39 is 18.8 Å². The van der Waals surface area contributed by atoms with Crippen molar-refractivity contribution in [1.82, 2.24) is 4.57 Å². The average molecular weight is 220 g/mol. The number of rotatable bonds is 2. The number of aryl methyl sites for hydroxylation is 1. The maximum absolute atomic E-state index is 11.9. The molecule has 0 atom stereocenters. The summed E-state index contributed by atoms with van der Waals surface area (Å²) in [4.78, 5) is 11.9. The SMILES string of the molecule is [2H]C([2H])([2H])C([2H])([2H])c1ccc(=O)n(-c2cccc(O)c2)c1. The van der Waals surface area contributed by atoms with Gasteiger partial charge >= 0.3 is 0 Å². The molecule has 0 aliphatic rings. The Bertz CT molecular complexity index is 721. The molecule has 0 unspecified atom stereocenters. The molecule has 0 radical (unpaired) electrons. The molecule has 0 amide bonds. The summed E-state index contributed by atoms with van der Waals surface area (Å²) < 4.78 is 38.4. The smallest absolute Gasteiger partial charge is 0.255 e. The van der Waals surface area contributed by atoms with E-state index >= 15 is 0 Å². The van der Waals surface area contributed by atoms with Crippen LogP contribution in [0.5, 0.6) is 5.75 Å². The first-order chi connectivity index (χ1) is 9.63. The number of phenols is 1. The first-order valence-electron chi connectivity index (χ1n) is 7.15. The Kier molecular flexibility index (Phi) is 1.56. The Hall–Kier alpha value is -2.03. The molecule has 3 nitrogen and oxygen atoms in total. The molecule has 2 aromatic rings. The number of nitrogens with zero attached hydrogens (tertiary/aromatic N) is 1. The van der Waals surface area contributed by atoms with Crippen LogP contribution < -0.4 is 5.56 Å². The topological polar surface area (TPSA) is 42.2 Å². The van der Waals surface area contributed by atoms with Crippen LogP contribution in [0, 0.1) is 0 Å². The van der Waals surface area contributed by atoms with Crippen molar-refractivity contribution in [3.63, 3.8) is 0 Å². The van der Waals surface area contributed by atoms with Gasteiger partial charge in [0.25, 0.3) is 5.56 Å². The van der Waals surface area contributed by atoms with Crippen molar-refractivity contribution in [2.75, 3.05) is 0 Å². The summed E-state index contributed by atoms with van der Waals surface area (Å²) in [6, 6.07) is 8.10. The maximum Gasteiger partial charge on any atom is 0.255 e. The fourth-order valence-corrected chi connectivity index (χ4v) is 1.41. The van der Waals surface area contributed by atoms with Crippen LogP contribution in [-0.4, -0.2) is 9.67 Å². The van der Waals surface area contributed by atoms with Gasteiger partial charge in [-0.25, -0.2) is 0 Å². The van der Waals surface area contributed by atoms with Gasteiger partial charge in [-0.05, 0) is 24.1 Å². The highest BCUT2D eigenvalue weighted by atomic mass is 16.3. The molecule has 1 aromatic heterocycles. The number of hydrogen-bond acceptors (Lipinski definition) is 2. The molecule has 1 aromatic carbocycles. The van der Waals surface area contributed by atoms with E-state index in [2.05, 4.69) is 0 Å². The summed E-state index contributed by atoms with van der Waals surface area (Å²) in [6.07, 6.45) is -1.44. The van der Waals surface area contributed by atoms with Gasteiger partial charge in [0.05, 0.1) is 5.69 Å². The molecule has 1 N–H and O–H groups in total. The molecule has 0 spiro atoms. The first-order valence-corrected chi connectivity index (χ1v) is 4.65. The Labute approximate surface area is 101 Å². The lowest BCUT2D eigenvalue weighted by Gasteiger charge is -2.07. The van der Waals surface area contributed by atoms with Crippen LogP contribution in [-0.2, 0) is 6.37 Å². The number of benzene rings is 1. The normalized spacial score (nSPS) is 16.6. The largest absolute Gasteiger partial charge is 0.508 e. The summed E-state index contributed by atoms with van der Waals surface area (Å²) in [5.74, 6) is -0.0522. The lowest BCUT2D eigenvalue weighted by Crippen LogP contribution is -2.16. The second-order valence-electron chi connectivity index (χ2n) is 3.27. The zero-order chi connectivity index (χ0) is 15.8. The first kappa shape index (κ1) is 5.89. The second kappa shape index (κ2) is 4.23. The van der Waals surface area contributed by atoms with Gasteiger partial charge in [-0.1, -0.05) is 19.0 Å². The van der Waals surface area contributed by atoms with Crippen molar-refractivity contribution >= 4 is 0 Å². The van der Waals surface area contributed by atoms with Gasteiger partial charge in [0.1, 0.15) is 5.75 Å². The molecule has 0 saturated carbocycles. The summed E-state index contributed by atoms with van der Waals surface area (Å²) in [7, 11) is 0. The molecule has 0 bridgehead atoms. The summed E-state index contributed by atoms with van der Waals surface area (Å²) in [6.45, 7) is -2.85. The Morgan fingerprint density at radius 3 is 3.06 bits per heavy atom.